The molecule has 1 aromatic carbocycles. The maximum Gasteiger partial charge on any atom is 0.255 e. The number of aromatic nitrogens is 4. The number of benzene rings is 1. The minimum absolute atomic E-state index is 0.0875. The first-order chi connectivity index (χ1) is 15.3. The molecule has 4 rings (SSSR count). The Morgan fingerprint density at radius 1 is 1.19 bits per heavy atom. The molecule has 1 saturated heterocycles. The van der Waals surface area contributed by atoms with Crippen molar-refractivity contribution >= 4 is 23.3 Å². The summed E-state index contributed by atoms with van der Waals surface area (Å²) < 4.78 is 1.41. The summed E-state index contributed by atoms with van der Waals surface area (Å²) in [7, 11) is 0. The van der Waals surface area contributed by atoms with Crippen molar-refractivity contribution in [3.8, 4) is 5.95 Å². The van der Waals surface area contributed by atoms with Crippen LogP contribution in [0.3, 0.4) is 0 Å². The van der Waals surface area contributed by atoms with Gasteiger partial charge in [-0.05, 0) is 39.3 Å². The van der Waals surface area contributed by atoms with Gasteiger partial charge in [0.25, 0.3) is 5.56 Å². The van der Waals surface area contributed by atoms with Crippen LogP contribution in [-0.2, 0) is 16.0 Å². The lowest BCUT2D eigenvalue weighted by Crippen LogP contribution is -2.29. The molecule has 1 aliphatic rings. The molecule has 1 fully saturated rings. The molecule has 1 aliphatic heterocycles. The van der Waals surface area contributed by atoms with Gasteiger partial charge in [-0.2, -0.15) is 9.78 Å². The third-order valence-corrected chi connectivity index (χ3v) is 5.69. The Labute approximate surface area is 185 Å². The van der Waals surface area contributed by atoms with Crippen LogP contribution in [0.4, 0.5) is 11.5 Å². The minimum Gasteiger partial charge on any atom is -0.312 e. The van der Waals surface area contributed by atoms with Gasteiger partial charge in [-0.3, -0.25) is 19.4 Å². The summed E-state index contributed by atoms with van der Waals surface area (Å²) in [5.74, 6) is -0.241. The molecule has 0 saturated carbocycles. The van der Waals surface area contributed by atoms with E-state index in [1.807, 2.05) is 38.1 Å². The quantitative estimate of drug-likeness (QED) is 0.640. The Hall–Kier alpha value is -3.75. The molecule has 9 heteroatoms. The zero-order valence-corrected chi connectivity index (χ0v) is 18.6. The van der Waals surface area contributed by atoms with Crippen molar-refractivity contribution in [3.05, 3.63) is 63.2 Å². The molecule has 2 N–H and O–H groups in total. The smallest absolute Gasteiger partial charge is 0.255 e. The van der Waals surface area contributed by atoms with Crippen LogP contribution in [0.2, 0.25) is 0 Å². The Morgan fingerprint density at radius 3 is 2.56 bits per heavy atom. The molecule has 3 heterocycles. The van der Waals surface area contributed by atoms with Gasteiger partial charge in [-0.25, -0.2) is 4.98 Å². The van der Waals surface area contributed by atoms with Gasteiger partial charge in [0.15, 0.2) is 0 Å². The van der Waals surface area contributed by atoms with Crippen molar-refractivity contribution in [1.29, 1.82) is 0 Å². The van der Waals surface area contributed by atoms with E-state index in [0.29, 0.717) is 35.7 Å². The van der Waals surface area contributed by atoms with Crippen molar-refractivity contribution < 1.29 is 9.59 Å². The summed E-state index contributed by atoms with van der Waals surface area (Å²) in [5.41, 5.74) is 3.55. The third-order valence-electron chi connectivity index (χ3n) is 5.69. The van der Waals surface area contributed by atoms with E-state index in [2.05, 4.69) is 20.4 Å². The van der Waals surface area contributed by atoms with E-state index in [1.165, 1.54) is 4.68 Å². The van der Waals surface area contributed by atoms with E-state index in [-0.39, 0.29) is 29.7 Å². The van der Waals surface area contributed by atoms with Crippen LogP contribution in [0.1, 0.15) is 35.9 Å². The first kappa shape index (κ1) is 21.5. The average Bonchev–Trinajstić information content (AvgIpc) is 3.31. The second-order valence-electron chi connectivity index (χ2n) is 8.12. The summed E-state index contributed by atoms with van der Waals surface area (Å²) in [4.78, 5) is 46.7. The SMILES string of the molecule is CCc1c(C)nc(-n2nc(C)cc2NC(=O)C2CC(=O)N(c3ccc(C)cc3)C2)[nH]c1=O. The highest BCUT2D eigenvalue weighted by molar-refractivity contribution is 6.03. The summed E-state index contributed by atoms with van der Waals surface area (Å²) in [6.07, 6.45) is 0.704. The zero-order valence-electron chi connectivity index (χ0n) is 18.6. The lowest BCUT2D eigenvalue weighted by atomic mass is 10.1. The van der Waals surface area contributed by atoms with E-state index in [0.717, 1.165) is 11.3 Å². The molecular weight excluding hydrogens is 408 g/mol. The van der Waals surface area contributed by atoms with Crippen LogP contribution in [0.5, 0.6) is 0 Å². The summed E-state index contributed by atoms with van der Waals surface area (Å²) in [6.45, 7) is 7.74. The second kappa shape index (κ2) is 8.41. The average molecular weight is 435 g/mol. The van der Waals surface area contributed by atoms with Crippen molar-refractivity contribution in [3.63, 3.8) is 0 Å². The number of nitrogens with one attached hydrogen (secondary N) is 2. The third kappa shape index (κ3) is 4.05. The first-order valence-electron chi connectivity index (χ1n) is 10.6. The lowest BCUT2D eigenvalue weighted by molar-refractivity contribution is -0.122. The Balaban J connectivity index is 1.56. The number of rotatable bonds is 5. The molecular formula is C23H26N6O3. The minimum atomic E-state index is -0.497. The van der Waals surface area contributed by atoms with E-state index in [9.17, 15) is 14.4 Å². The molecule has 32 heavy (non-hydrogen) atoms. The summed E-state index contributed by atoms with van der Waals surface area (Å²) >= 11 is 0. The monoisotopic (exact) mass is 434 g/mol. The number of carbonyl (C=O) groups is 2. The zero-order chi connectivity index (χ0) is 23.0. The predicted molar refractivity (Wildman–Crippen MR) is 121 cm³/mol. The van der Waals surface area contributed by atoms with Gasteiger partial charge in [-0.1, -0.05) is 24.6 Å². The van der Waals surface area contributed by atoms with Gasteiger partial charge < -0.3 is 10.2 Å². The highest BCUT2D eigenvalue weighted by Crippen LogP contribution is 2.26. The van der Waals surface area contributed by atoms with Gasteiger partial charge in [0, 0.05) is 36.0 Å². The maximum atomic E-state index is 13.0. The molecule has 1 unspecified atom stereocenters. The largest absolute Gasteiger partial charge is 0.312 e. The van der Waals surface area contributed by atoms with Crippen LogP contribution in [-0.4, -0.2) is 38.1 Å². The fourth-order valence-corrected chi connectivity index (χ4v) is 3.95. The van der Waals surface area contributed by atoms with Crippen molar-refractivity contribution in [2.45, 2.75) is 40.5 Å². The van der Waals surface area contributed by atoms with Gasteiger partial charge >= 0.3 is 0 Å². The van der Waals surface area contributed by atoms with Gasteiger partial charge in [-0.15, -0.1) is 0 Å². The van der Waals surface area contributed by atoms with Crippen LogP contribution < -0.4 is 15.8 Å². The maximum absolute atomic E-state index is 13.0. The molecule has 3 aromatic rings. The number of aromatic amines is 1. The normalized spacial score (nSPS) is 15.9. The van der Waals surface area contributed by atoms with E-state index < -0.39 is 5.92 Å². The number of nitrogens with zero attached hydrogens (tertiary/aromatic N) is 4. The van der Waals surface area contributed by atoms with E-state index in [1.54, 1.807) is 24.8 Å². The molecule has 9 nitrogen and oxygen atoms in total. The Kier molecular flexibility index (Phi) is 5.65. The van der Waals surface area contributed by atoms with Crippen molar-refractivity contribution in [2.75, 3.05) is 16.8 Å². The standard InChI is InChI=1S/C23H26N6O3/c1-5-18-15(4)24-23(26-22(18)32)29-19(10-14(3)27-29)25-21(31)16-11-20(30)28(12-16)17-8-6-13(2)7-9-17/h6-10,16H,5,11-12H2,1-4H3,(H,25,31)(H,24,26,32). The van der Waals surface area contributed by atoms with E-state index >= 15 is 0 Å². The van der Waals surface area contributed by atoms with Crippen LogP contribution in [0.15, 0.2) is 35.1 Å². The molecule has 166 valence electrons. The Morgan fingerprint density at radius 2 is 1.91 bits per heavy atom. The van der Waals surface area contributed by atoms with Gasteiger partial charge in [0.05, 0.1) is 11.6 Å². The number of hydrogen-bond acceptors (Lipinski definition) is 5. The topological polar surface area (TPSA) is 113 Å². The summed E-state index contributed by atoms with van der Waals surface area (Å²) in [6, 6.07) is 9.36. The van der Waals surface area contributed by atoms with Crippen molar-refractivity contribution in [2.24, 2.45) is 5.92 Å². The van der Waals surface area contributed by atoms with Crippen LogP contribution in [0.25, 0.3) is 5.95 Å². The number of hydrogen-bond donors (Lipinski definition) is 2. The summed E-state index contributed by atoms with van der Waals surface area (Å²) in [5, 5.41) is 7.24. The lowest BCUT2D eigenvalue weighted by Gasteiger charge is -2.17. The second-order valence-corrected chi connectivity index (χ2v) is 8.12. The molecule has 0 bridgehead atoms. The first-order valence-corrected chi connectivity index (χ1v) is 10.6. The highest BCUT2D eigenvalue weighted by atomic mass is 16.2. The fraction of sp³-hybridized carbons (Fsp3) is 0.348. The van der Waals surface area contributed by atoms with Crippen LogP contribution in [0, 0.1) is 26.7 Å². The van der Waals surface area contributed by atoms with Gasteiger partial charge in [0.1, 0.15) is 5.82 Å². The number of H-pyrrole nitrogens is 1. The highest BCUT2D eigenvalue weighted by Gasteiger charge is 2.35. The number of anilines is 2. The van der Waals surface area contributed by atoms with Crippen molar-refractivity contribution in [1.82, 2.24) is 19.7 Å². The molecule has 0 radical (unpaired) electrons. The molecule has 1 atom stereocenters. The molecule has 2 amide bonds. The number of aryl methyl sites for hydroxylation is 3. The number of amides is 2. The van der Waals surface area contributed by atoms with Gasteiger partial charge in [0.2, 0.25) is 17.8 Å². The molecule has 0 aliphatic carbocycles. The molecule has 2 aromatic heterocycles. The predicted octanol–water partition coefficient (Wildman–Crippen LogP) is 2.43. The van der Waals surface area contributed by atoms with E-state index in [4.69, 9.17) is 0 Å². The number of carbonyl (C=O) groups excluding carboxylic acids is 2. The van der Waals surface area contributed by atoms with Crippen LogP contribution >= 0.6 is 0 Å². The molecule has 0 spiro atoms. The fourth-order valence-electron chi connectivity index (χ4n) is 3.95. The Bertz CT molecular complexity index is 1240.